The molecular formula is C50H40N2O. The number of carbonyl (C=O) groups excluding carboxylic acids is 1. The number of aryl methyl sites for hydroxylation is 4. The van der Waals surface area contributed by atoms with Crippen molar-refractivity contribution >= 4 is 49.9 Å². The molecule has 1 aromatic heterocycles. The molecule has 9 rings (SSSR count). The molecule has 3 heteroatoms. The van der Waals surface area contributed by atoms with Crippen LogP contribution in [0, 0.1) is 27.7 Å². The quantitative estimate of drug-likeness (QED) is 0.170. The van der Waals surface area contributed by atoms with Crippen molar-refractivity contribution in [2.24, 2.45) is 0 Å². The third-order valence-corrected chi connectivity index (χ3v) is 10.8. The van der Waals surface area contributed by atoms with E-state index in [2.05, 4.69) is 148 Å². The number of amides is 1. The molecule has 0 bridgehead atoms. The van der Waals surface area contributed by atoms with Gasteiger partial charge >= 0.3 is 0 Å². The Morgan fingerprint density at radius 2 is 1.15 bits per heavy atom. The lowest BCUT2D eigenvalue weighted by molar-refractivity contribution is 0.0951. The minimum atomic E-state index is -0.161. The summed E-state index contributed by atoms with van der Waals surface area (Å²) < 4.78 is 0. The summed E-state index contributed by atoms with van der Waals surface area (Å²) in [6, 6.07) is 45.8. The summed E-state index contributed by atoms with van der Waals surface area (Å²) in [7, 11) is 0. The summed E-state index contributed by atoms with van der Waals surface area (Å²) in [5.74, 6) is -0.161. The van der Waals surface area contributed by atoms with E-state index in [1.807, 2.05) is 18.2 Å². The van der Waals surface area contributed by atoms with Crippen molar-refractivity contribution in [3.63, 3.8) is 0 Å². The Kier molecular flexibility index (Phi) is 8.00. The molecule has 256 valence electrons. The van der Waals surface area contributed by atoms with Crippen LogP contribution in [-0.2, 0) is 6.42 Å². The van der Waals surface area contributed by atoms with E-state index < -0.39 is 0 Å². The first-order valence-corrected chi connectivity index (χ1v) is 18.5. The first-order valence-electron chi connectivity index (χ1n) is 18.5. The van der Waals surface area contributed by atoms with Crippen LogP contribution in [0.15, 0.2) is 134 Å². The maximum absolute atomic E-state index is 14.4. The number of rotatable bonds is 7. The van der Waals surface area contributed by atoms with Crippen LogP contribution in [0.2, 0.25) is 0 Å². The molecule has 0 aliphatic heterocycles. The normalized spacial score (nSPS) is 12.1. The third kappa shape index (κ3) is 5.61. The third-order valence-electron chi connectivity index (χ3n) is 10.8. The highest BCUT2D eigenvalue weighted by Gasteiger charge is 2.31. The SMILES string of the molecule is Cc1ccc(C2=Cc3c(-c4ccc(C)cc4)c4ccnc(C(=O)NCCc5ccccc5)c4c4c3c2c(-c2ccc(C)cc2)c2cc(C)ccc24)cc1. The fraction of sp³-hybridized carbons (Fsp3) is 0.120. The largest absolute Gasteiger partial charge is 0.350 e. The highest BCUT2D eigenvalue weighted by atomic mass is 16.1. The Labute approximate surface area is 310 Å². The summed E-state index contributed by atoms with van der Waals surface area (Å²) in [5.41, 5.74) is 15.9. The summed E-state index contributed by atoms with van der Waals surface area (Å²) >= 11 is 0. The number of carbonyl (C=O) groups is 1. The van der Waals surface area contributed by atoms with Crippen molar-refractivity contribution in [3.8, 4) is 22.3 Å². The van der Waals surface area contributed by atoms with E-state index in [0.29, 0.717) is 12.2 Å². The van der Waals surface area contributed by atoms with Gasteiger partial charge in [-0.2, -0.15) is 0 Å². The number of nitrogens with one attached hydrogen (secondary N) is 1. The van der Waals surface area contributed by atoms with E-state index in [1.54, 1.807) is 6.20 Å². The van der Waals surface area contributed by atoms with Gasteiger partial charge in [-0.05, 0) is 118 Å². The summed E-state index contributed by atoms with van der Waals surface area (Å²) in [6.45, 7) is 9.08. The number of pyridine rings is 1. The zero-order valence-corrected chi connectivity index (χ0v) is 30.5. The number of hydrogen-bond donors (Lipinski definition) is 1. The van der Waals surface area contributed by atoms with E-state index in [-0.39, 0.29) is 5.91 Å². The van der Waals surface area contributed by atoms with Gasteiger partial charge in [0.15, 0.2) is 0 Å². The lowest BCUT2D eigenvalue weighted by Crippen LogP contribution is -2.26. The van der Waals surface area contributed by atoms with Gasteiger partial charge in [-0.3, -0.25) is 9.78 Å². The molecule has 1 N–H and O–H groups in total. The van der Waals surface area contributed by atoms with Gasteiger partial charge < -0.3 is 5.32 Å². The first kappa shape index (κ1) is 32.6. The Morgan fingerprint density at radius 1 is 0.547 bits per heavy atom. The predicted octanol–water partition coefficient (Wildman–Crippen LogP) is 12.0. The molecule has 1 amide bonds. The van der Waals surface area contributed by atoms with E-state index in [9.17, 15) is 4.79 Å². The summed E-state index contributed by atoms with van der Waals surface area (Å²) in [5, 5.41) is 9.70. The van der Waals surface area contributed by atoms with Crippen molar-refractivity contribution in [1.82, 2.24) is 10.3 Å². The summed E-state index contributed by atoms with van der Waals surface area (Å²) in [4.78, 5) is 19.3. The van der Waals surface area contributed by atoms with Crippen LogP contribution in [0.1, 0.15) is 55.0 Å². The lowest BCUT2D eigenvalue weighted by atomic mass is 9.81. The van der Waals surface area contributed by atoms with Gasteiger partial charge in [-0.15, -0.1) is 0 Å². The van der Waals surface area contributed by atoms with Crippen molar-refractivity contribution in [1.29, 1.82) is 0 Å². The number of hydrogen-bond acceptors (Lipinski definition) is 2. The average molecular weight is 685 g/mol. The molecule has 1 aliphatic rings. The molecule has 3 nitrogen and oxygen atoms in total. The van der Waals surface area contributed by atoms with Crippen LogP contribution in [-0.4, -0.2) is 17.4 Å². The minimum absolute atomic E-state index is 0.161. The molecule has 1 aliphatic carbocycles. The second kappa shape index (κ2) is 13.0. The maximum atomic E-state index is 14.4. The molecule has 0 unspecified atom stereocenters. The van der Waals surface area contributed by atoms with Crippen molar-refractivity contribution in [3.05, 3.63) is 184 Å². The first-order chi connectivity index (χ1) is 25.9. The van der Waals surface area contributed by atoms with Gasteiger partial charge in [-0.1, -0.05) is 144 Å². The van der Waals surface area contributed by atoms with Crippen LogP contribution in [0.5, 0.6) is 0 Å². The predicted molar refractivity (Wildman–Crippen MR) is 222 cm³/mol. The number of benzene rings is 7. The highest BCUT2D eigenvalue weighted by Crippen LogP contribution is 2.54. The molecular weight excluding hydrogens is 645 g/mol. The fourth-order valence-corrected chi connectivity index (χ4v) is 8.19. The maximum Gasteiger partial charge on any atom is 0.270 e. The molecule has 0 radical (unpaired) electrons. The van der Waals surface area contributed by atoms with Crippen molar-refractivity contribution in [2.45, 2.75) is 34.1 Å². The second-order valence-electron chi connectivity index (χ2n) is 14.6. The van der Waals surface area contributed by atoms with Gasteiger partial charge in [0, 0.05) is 23.5 Å². The van der Waals surface area contributed by atoms with Crippen LogP contribution in [0.4, 0.5) is 0 Å². The molecule has 0 fully saturated rings. The lowest BCUT2D eigenvalue weighted by Gasteiger charge is -2.22. The molecule has 0 spiro atoms. The Balaban J connectivity index is 1.43. The smallest absolute Gasteiger partial charge is 0.270 e. The standard InChI is InChI=1S/C50H40N2O/c1-30-10-17-35(18-11-30)40-29-42-43(36-19-12-31(2)13-20-36)39-25-27-51-49(50(53)52-26-24-34-8-6-5-7-9-34)48(39)45-38-23-16-33(4)28-41(38)44(46(40)47(42)45)37-21-14-32(3)15-22-37/h5-23,25,27-29H,24,26H2,1-4H3,(H,52,53). The Morgan fingerprint density at radius 3 is 1.81 bits per heavy atom. The van der Waals surface area contributed by atoms with E-state index >= 15 is 0 Å². The van der Waals surface area contributed by atoms with E-state index in [4.69, 9.17) is 4.98 Å². The molecule has 1 heterocycles. The zero-order chi connectivity index (χ0) is 36.2. The topological polar surface area (TPSA) is 42.0 Å². The van der Waals surface area contributed by atoms with Crippen LogP contribution in [0.3, 0.4) is 0 Å². The number of aromatic nitrogens is 1. The van der Waals surface area contributed by atoms with Crippen LogP contribution in [0.25, 0.3) is 66.2 Å². The van der Waals surface area contributed by atoms with E-state index in [0.717, 1.165) is 39.1 Å². The van der Waals surface area contributed by atoms with Gasteiger partial charge in [-0.25, -0.2) is 0 Å². The molecule has 0 saturated heterocycles. The van der Waals surface area contributed by atoms with Crippen LogP contribution >= 0.6 is 0 Å². The van der Waals surface area contributed by atoms with Gasteiger partial charge in [0.25, 0.3) is 5.91 Å². The Hall–Kier alpha value is -6.32. The number of nitrogens with zero attached hydrogens (tertiary/aromatic N) is 1. The van der Waals surface area contributed by atoms with E-state index in [1.165, 1.54) is 72.0 Å². The van der Waals surface area contributed by atoms with Crippen molar-refractivity contribution < 1.29 is 4.79 Å². The molecule has 0 atom stereocenters. The van der Waals surface area contributed by atoms with Gasteiger partial charge in [0.1, 0.15) is 5.69 Å². The average Bonchev–Trinajstić information content (AvgIpc) is 3.56. The molecule has 0 saturated carbocycles. The molecule has 53 heavy (non-hydrogen) atoms. The molecule has 7 aromatic carbocycles. The zero-order valence-electron chi connectivity index (χ0n) is 30.5. The van der Waals surface area contributed by atoms with Gasteiger partial charge in [0.2, 0.25) is 0 Å². The Bertz CT molecular complexity index is 2760. The monoisotopic (exact) mass is 684 g/mol. The minimum Gasteiger partial charge on any atom is -0.350 e. The number of fused-ring (bicyclic) bond motifs is 4. The molecule has 8 aromatic rings. The second-order valence-corrected chi connectivity index (χ2v) is 14.6. The summed E-state index contributed by atoms with van der Waals surface area (Å²) in [6.07, 6.45) is 4.95. The van der Waals surface area contributed by atoms with Crippen molar-refractivity contribution in [2.75, 3.05) is 6.54 Å². The highest BCUT2D eigenvalue weighted by molar-refractivity contribution is 6.36. The fourth-order valence-electron chi connectivity index (χ4n) is 8.19. The van der Waals surface area contributed by atoms with Gasteiger partial charge in [0.05, 0.1) is 0 Å². The van der Waals surface area contributed by atoms with Crippen LogP contribution < -0.4 is 5.32 Å².